The molecule has 2 rings (SSSR count). The number of hydrogen-bond donors (Lipinski definition) is 0. The van der Waals surface area contributed by atoms with E-state index in [-0.39, 0.29) is 18.8 Å². The molecule has 0 atom stereocenters. The maximum atomic E-state index is 7.99. The monoisotopic (exact) mass is 286 g/mol. The fraction of sp³-hybridized carbons (Fsp3) is 0.714. The van der Waals surface area contributed by atoms with Gasteiger partial charge in [-0.3, -0.25) is 0 Å². The van der Waals surface area contributed by atoms with Crippen LogP contribution in [-0.4, -0.2) is 40.3 Å². The van der Waals surface area contributed by atoms with E-state index in [1.807, 2.05) is 6.08 Å². The van der Waals surface area contributed by atoms with Crippen molar-refractivity contribution in [3.63, 3.8) is 0 Å². The molecule has 4 nitrogen and oxygen atoms in total. The fourth-order valence-electron chi connectivity index (χ4n) is 1.93. The lowest BCUT2D eigenvalue weighted by Crippen LogP contribution is -2.25. The van der Waals surface area contributed by atoms with Gasteiger partial charge in [-0.2, -0.15) is 4.37 Å². The molecule has 0 saturated carbocycles. The van der Waals surface area contributed by atoms with Gasteiger partial charge in [-0.15, -0.1) is 4.37 Å². The first-order chi connectivity index (χ1) is 11.2. The van der Waals surface area contributed by atoms with Crippen molar-refractivity contribution in [3.8, 4) is 5.88 Å². The Balaban J connectivity index is 2.08. The summed E-state index contributed by atoms with van der Waals surface area (Å²) in [5.41, 5.74) is 1.18. The van der Waals surface area contributed by atoms with Gasteiger partial charge in [0.2, 0.25) is 0 Å². The van der Waals surface area contributed by atoms with E-state index >= 15 is 0 Å². The van der Waals surface area contributed by atoms with Crippen molar-refractivity contribution in [1.82, 2.24) is 13.6 Å². The van der Waals surface area contributed by atoms with E-state index in [0.29, 0.717) is 18.7 Å². The fourth-order valence-corrected chi connectivity index (χ4v) is 2.44. The molecule has 19 heavy (non-hydrogen) atoms. The summed E-state index contributed by atoms with van der Waals surface area (Å²) >= 11 is 0.946. The summed E-state index contributed by atoms with van der Waals surface area (Å²) < 4.78 is 52.3. The van der Waals surface area contributed by atoms with Crippen LogP contribution in [0, 0.1) is 0 Å². The Morgan fingerprint density at radius 2 is 2.42 bits per heavy atom. The predicted molar refractivity (Wildman–Crippen MR) is 79.6 cm³/mol. The van der Waals surface area contributed by atoms with Crippen molar-refractivity contribution in [2.75, 3.05) is 26.6 Å². The molecule has 0 saturated heterocycles. The van der Waals surface area contributed by atoms with Crippen molar-refractivity contribution >= 4 is 17.3 Å². The summed E-state index contributed by atoms with van der Waals surface area (Å²) in [5.74, 6) is 0.153. The molecule has 0 unspecified atom stereocenters. The Morgan fingerprint density at radius 1 is 1.47 bits per heavy atom. The zero-order valence-corrected chi connectivity index (χ0v) is 12.0. The number of likely N-dealkylation sites (N-methyl/N-ethyl adjacent to an activating group) is 1. The summed E-state index contributed by atoms with van der Waals surface area (Å²) in [7, 11) is 0. The van der Waals surface area contributed by atoms with Crippen LogP contribution in [-0.2, 0) is 0 Å². The van der Waals surface area contributed by atoms with Crippen molar-refractivity contribution in [2.45, 2.75) is 39.0 Å². The first-order valence-electron chi connectivity index (χ1n) is 9.19. The Labute approximate surface area is 126 Å². The number of unbranched alkanes of at least 4 members (excludes halogenated alkanes) is 2. The van der Waals surface area contributed by atoms with Crippen LogP contribution < -0.4 is 4.74 Å². The minimum absolute atomic E-state index is 0.153. The lowest BCUT2D eigenvalue weighted by Gasteiger charge is -2.22. The highest BCUT2D eigenvalue weighted by Crippen LogP contribution is 2.27. The number of ether oxygens (including phenoxy) is 1. The van der Waals surface area contributed by atoms with Gasteiger partial charge in [0.1, 0.15) is 5.69 Å². The summed E-state index contributed by atoms with van der Waals surface area (Å²) in [5, 5.41) is 0. The highest BCUT2D eigenvalue weighted by atomic mass is 32.1. The average Bonchev–Trinajstić information content (AvgIpc) is 2.94. The Hall–Kier alpha value is -0.940. The summed E-state index contributed by atoms with van der Waals surface area (Å²) in [6.45, 7) is -1.20. The quantitative estimate of drug-likeness (QED) is 0.721. The minimum atomic E-state index is -2.15. The Kier molecular flexibility index (Phi) is 3.63. The van der Waals surface area contributed by atoms with E-state index < -0.39 is 13.5 Å². The maximum absolute atomic E-state index is 7.99. The molecule has 1 aromatic heterocycles. The lowest BCUT2D eigenvalue weighted by molar-refractivity contribution is 0.294. The molecule has 0 spiro atoms. The van der Waals surface area contributed by atoms with Gasteiger partial charge in [-0.25, -0.2) is 0 Å². The molecule has 106 valence electrons. The molecule has 0 fully saturated rings. The predicted octanol–water partition coefficient (Wildman–Crippen LogP) is 3.22. The largest absolute Gasteiger partial charge is 0.475 e. The third-order valence-electron chi connectivity index (χ3n) is 2.96. The standard InChI is InChI=1S/C14H23N3OS/c1-3-4-5-6-10-18-14-13(15-19-16-14)12-8-7-9-17(2)11-12/h8H,3-7,9-11H2,1-2H3/i2D3,10D2. The highest BCUT2D eigenvalue weighted by molar-refractivity contribution is 6.99. The zero-order valence-electron chi connectivity index (χ0n) is 16.2. The molecule has 5 heteroatoms. The molecule has 0 aliphatic carbocycles. The van der Waals surface area contributed by atoms with E-state index in [1.165, 1.54) is 4.90 Å². The van der Waals surface area contributed by atoms with Crippen LogP contribution in [0.5, 0.6) is 5.88 Å². The zero-order chi connectivity index (χ0) is 17.8. The van der Waals surface area contributed by atoms with E-state index in [4.69, 9.17) is 11.6 Å². The van der Waals surface area contributed by atoms with Gasteiger partial charge in [0, 0.05) is 17.2 Å². The molecule has 2 heterocycles. The molecule has 1 aliphatic rings. The van der Waals surface area contributed by atoms with Crippen LogP contribution in [0.15, 0.2) is 6.08 Å². The second-order valence-corrected chi connectivity index (χ2v) is 5.09. The van der Waals surface area contributed by atoms with Gasteiger partial charge < -0.3 is 9.64 Å². The average molecular weight is 286 g/mol. The molecular weight excluding hydrogens is 258 g/mol. The van der Waals surface area contributed by atoms with Gasteiger partial charge >= 0.3 is 0 Å². The van der Waals surface area contributed by atoms with Crippen LogP contribution in [0.4, 0.5) is 0 Å². The van der Waals surface area contributed by atoms with Gasteiger partial charge in [-0.05, 0) is 25.4 Å². The number of aromatic nitrogens is 2. The second-order valence-electron chi connectivity index (χ2n) is 4.56. The third-order valence-corrected chi connectivity index (χ3v) is 3.48. The van der Waals surface area contributed by atoms with Crippen molar-refractivity contribution in [3.05, 3.63) is 11.8 Å². The Bertz CT molecular complexity index is 573. The van der Waals surface area contributed by atoms with Crippen LogP contribution in [0.2, 0.25) is 0 Å². The van der Waals surface area contributed by atoms with Crippen molar-refractivity contribution in [1.29, 1.82) is 0 Å². The van der Waals surface area contributed by atoms with Crippen LogP contribution in [0.1, 0.15) is 51.6 Å². The van der Waals surface area contributed by atoms with Crippen molar-refractivity contribution < 1.29 is 11.6 Å². The first-order valence-corrected chi connectivity index (χ1v) is 7.42. The smallest absolute Gasteiger partial charge is 0.253 e. The molecule has 1 aromatic rings. The number of hydrogen-bond acceptors (Lipinski definition) is 5. The number of nitrogens with zero attached hydrogens (tertiary/aromatic N) is 3. The summed E-state index contributed by atoms with van der Waals surface area (Å²) in [6, 6.07) is 0. The van der Waals surface area contributed by atoms with Crippen LogP contribution in [0.25, 0.3) is 5.57 Å². The molecule has 1 aliphatic heterocycles. The second kappa shape index (κ2) is 7.60. The van der Waals surface area contributed by atoms with Crippen LogP contribution in [0.3, 0.4) is 0 Å². The lowest BCUT2D eigenvalue weighted by atomic mass is 10.1. The molecular formula is C14H23N3OS. The van der Waals surface area contributed by atoms with Gasteiger partial charge in [0.25, 0.3) is 5.88 Å². The maximum Gasteiger partial charge on any atom is 0.253 e. The Morgan fingerprint density at radius 3 is 3.26 bits per heavy atom. The van der Waals surface area contributed by atoms with E-state index in [1.54, 1.807) is 0 Å². The minimum Gasteiger partial charge on any atom is -0.475 e. The van der Waals surface area contributed by atoms with E-state index in [0.717, 1.165) is 36.6 Å². The van der Waals surface area contributed by atoms with E-state index in [2.05, 4.69) is 15.7 Å². The van der Waals surface area contributed by atoms with Gasteiger partial charge in [-0.1, -0.05) is 32.3 Å². The molecule has 0 radical (unpaired) electrons. The molecule has 0 bridgehead atoms. The molecule has 0 amide bonds. The van der Waals surface area contributed by atoms with Crippen LogP contribution >= 0.6 is 11.7 Å². The third kappa shape index (κ3) is 4.28. The summed E-state index contributed by atoms with van der Waals surface area (Å²) in [4.78, 5) is 1.40. The highest BCUT2D eigenvalue weighted by Gasteiger charge is 2.18. The molecule has 0 aromatic carbocycles. The summed E-state index contributed by atoms with van der Waals surface area (Å²) in [6.07, 6.45) is 5.53. The number of rotatable bonds is 7. The van der Waals surface area contributed by atoms with E-state index in [9.17, 15) is 0 Å². The van der Waals surface area contributed by atoms with Gasteiger partial charge in [0.15, 0.2) is 0 Å². The molecule has 0 N–H and O–H groups in total. The normalized spacial score (nSPS) is 21.7. The first kappa shape index (κ1) is 9.08. The van der Waals surface area contributed by atoms with Gasteiger partial charge in [0.05, 0.1) is 21.0 Å². The SMILES string of the molecule is [2H]C([2H])(CCCCC)Oc1nsnc1C1=CCCN(C([2H])([2H])[2H])C1. The van der Waals surface area contributed by atoms with Crippen molar-refractivity contribution in [2.24, 2.45) is 0 Å². The topological polar surface area (TPSA) is 38.3 Å².